The van der Waals surface area contributed by atoms with Crippen molar-refractivity contribution in [2.45, 2.75) is 13.5 Å². The monoisotopic (exact) mass is 286 g/mol. The first kappa shape index (κ1) is 12.8. The van der Waals surface area contributed by atoms with Gasteiger partial charge in [0.05, 0.1) is 19.2 Å². The molecule has 3 rings (SSSR count). The molecule has 0 fully saturated rings. The Kier molecular flexibility index (Phi) is 3.23. The lowest BCUT2D eigenvalue weighted by Gasteiger charge is -2.07. The van der Waals surface area contributed by atoms with Crippen molar-refractivity contribution in [3.05, 3.63) is 46.5 Å². The molecule has 0 aliphatic heterocycles. The fraction of sp³-hybridized carbons (Fsp3) is 0.214. The van der Waals surface area contributed by atoms with Crippen molar-refractivity contribution in [2.24, 2.45) is 0 Å². The van der Waals surface area contributed by atoms with Gasteiger partial charge in [-0.05, 0) is 42.4 Å². The number of aromatic nitrogens is 4. The maximum Gasteiger partial charge on any atom is 0.215 e. The first-order chi connectivity index (χ1) is 9.69. The second-order valence-electron chi connectivity index (χ2n) is 4.54. The van der Waals surface area contributed by atoms with Crippen LogP contribution in [-0.4, -0.2) is 26.6 Å². The van der Waals surface area contributed by atoms with Crippen molar-refractivity contribution in [1.29, 1.82) is 0 Å². The van der Waals surface area contributed by atoms with E-state index in [1.807, 2.05) is 29.0 Å². The van der Waals surface area contributed by atoms with E-state index in [0.717, 1.165) is 16.7 Å². The van der Waals surface area contributed by atoms with Crippen molar-refractivity contribution in [3.63, 3.8) is 0 Å². The summed E-state index contributed by atoms with van der Waals surface area (Å²) < 4.78 is 7.77. The minimum Gasteiger partial charge on any atom is -0.481 e. The zero-order valence-electron chi connectivity index (χ0n) is 11.3. The first-order valence-electron chi connectivity index (χ1n) is 6.22. The Hall–Kier alpha value is -2.21. The largest absolute Gasteiger partial charge is 0.481 e. The molecule has 0 unspecified atom stereocenters. The summed E-state index contributed by atoms with van der Waals surface area (Å²) in [4.78, 5) is 11.8. The van der Waals surface area contributed by atoms with Crippen LogP contribution in [0.1, 0.15) is 11.1 Å². The smallest absolute Gasteiger partial charge is 0.215 e. The number of aryl methyl sites for hydroxylation is 1. The highest BCUT2D eigenvalue weighted by atomic mass is 32.1. The molecule has 3 aromatic rings. The van der Waals surface area contributed by atoms with Gasteiger partial charge in [-0.3, -0.25) is 9.55 Å². The summed E-state index contributed by atoms with van der Waals surface area (Å²) in [6, 6.07) is 5.72. The molecule has 0 radical (unpaired) electrons. The number of hydrogen-bond donors (Lipinski definition) is 1. The third-order valence-electron chi connectivity index (χ3n) is 3.28. The maximum atomic E-state index is 5.38. The van der Waals surface area contributed by atoms with E-state index in [2.05, 4.69) is 21.9 Å². The summed E-state index contributed by atoms with van der Waals surface area (Å²) in [6.45, 7) is 2.70. The molecule has 0 atom stereocenters. The summed E-state index contributed by atoms with van der Waals surface area (Å²) >= 11 is 5.38. The van der Waals surface area contributed by atoms with E-state index in [1.165, 1.54) is 5.56 Å². The van der Waals surface area contributed by atoms with Gasteiger partial charge in [0.1, 0.15) is 0 Å². The molecule has 3 heterocycles. The van der Waals surface area contributed by atoms with Crippen LogP contribution in [0, 0.1) is 11.7 Å². The molecule has 6 heteroatoms. The molecule has 0 aliphatic rings. The zero-order valence-corrected chi connectivity index (χ0v) is 12.1. The first-order valence-corrected chi connectivity index (χ1v) is 6.63. The van der Waals surface area contributed by atoms with E-state index in [9.17, 15) is 0 Å². The van der Waals surface area contributed by atoms with Gasteiger partial charge in [0.2, 0.25) is 5.88 Å². The summed E-state index contributed by atoms with van der Waals surface area (Å²) in [7, 11) is 1.60. The van der Waals surface area contributed by atoms with Crippen molar-refractivity contribution in [1.82, 2.24) is 19.5 Å². The molecule has 0 aromatic carbocycles. The highest BCUT2D eigenvalue weighted by Crippen LogP contribution is 2.18. The Morgan fingerprint density at radius 1 is 1.35 bits per heavy atom. The van der Waals surface area contributed by atoms with E-state index < -0.39 is 0 Å². The molecule has 3 aromatic heterocycles. The summed E-state index contributed by atoms with van der Waals surface area (Å²) in [5.74, 6) is 0.572. The standard InChI is InChI=1S/C14H14N4OS/c1-9-5-6-15-7-10(9)8-18-13-11(16-14(18)20)3-4-12(17-13)19-2/h3-7H,8H2,1-2H3,(H,16,20). The quantitative estimate of drug-likeness (QED) is 0.752. The fourth-order valence-corrected chi connectivity index (χ4v) is 2.37. The second kappa shape index (κ2) is 5.05. The number of imidazole rings is 1. The van der Waals surface area contributed by atoms with E-state index in [1.54, 1.807) is 13.3 Å². The lowest BCUT2D eigenvalue weighted by Crippen LogP contribution is -2.03. The molecule has 5 nitrogen and oxygen atoms in total. The minimum atomic E-state index is 0.572. The maximum absolute atomic E-state index is 5.38. The van der Waals surface area contributed by atoms with Crippen LogP contribution in [-0.2, 0) is 6.54 Å². The molecule has 102 valence electrons. The highest BCUT2D eigenvalue weighted by molar-refractivity contribution is 7.71. The number of methoxy groups -OCH3 is 1. The van der Waals surface area contributed by atoms with Gasteiger partial charge in [-0.15, -0.1) is 0 Å². The van der Waals surface area contributed by atoms with Crippen LogP contribution < -0.4 is 4.74 Å². The third-order valence-corrected chi connectivity index (χ3v) is 3.60. The third kappa shape index (κ3) is 2.18. The van der Waals surface area contributed by atoms with Gasteiger partial charge in [0.15, 0.2) is 10.4 Å². The van der Waals surface area contributed by atoms with Gasteiger partial charge < -0.3 is 9.72 Å². The van der Waals surface area contributed by atoms with Crippen LogP contribution in [0.4, 0.5) is 0 Å². The Labute approximate surface area is 121 Å². The molecule has 0 aliphatic carbocycles. The van der Waals surface area contributed by atoms with Crippen molar-refractivity contribution in [3.8, 4) is 5.88 Å². The van der Waals surface area contributed by atoms with Crippen LogP contribution in [0.25, 0.3) is 11.2 Å². The summed E-state index contributed by atoms with van der Waals surface area (Å²) in [5.41, 5.74) is 3.99. The molecular weight excluding hydrogens is 272 g/mol. The van der Waals surface area contributed by atoms with Gasteiger partial charge in [-0.2, -0.15) is 4.98 Å². The topological polar surface area (TPSA) is 55.7 Å². The summed E-state index contributed by atoms with van der Waals surface area (Å²) in [6.07, 6.45) is 3.64. The van der Waals surface area contributed by atoms with Gasteiger partial charge in [-0.1, -0.05) is 0 Å². The van der Waals surface area contributed by atoms with Crippen molar-refractivity contribution >= 4 is 23.4 Å². The molecule has 0 bridgehead atoms. The van der Waals surface area contributed by atoms with Crippen LogP contribution in [0.3, 0.4) is 0 Å². The van der Waals surface area contributed by atoms with Gasteiger partial charge in [-0.25, -0.2) is 0 Å². The molecular formula is C14H14N4OS. The van der Waals surface area contributed by atoms with E-state index >= 15 is 0 Å². The van der Waals surface area contributed by atoms with Crippen LogP contribution in [0.15, 0.2) is 30.6 Å². The lowest BCUT2D eigenvalue weighted by molar-refractivity contribution is 0.399. The zero-order chi connectivity index (χ0) is 14.1. The SMILES string of the molecule is COc1ccc2[nH]c(=S)n(Cc3cnccc3C)c2n1. The van der Waals surface area contributed by atoms with Gasteiger partial charge >= 0.3 is 0 Å². The second-order valence-corrected chi connectivity index (χ2v) is 4.93. The predicted molar refractivity (Wildman–Crippen MR) is 79.5 cm³/mol. The molecule has 1 N–H and O–H groups in total. The van der Waals surface area contributed by atoms with Crippen LogP contribution >= 0.6 is 12.2 Å². The Morgan fingerprint density at radius 3 is 2.95 bits per heavy atom. The van der Waals surface area contributed by atoms with Crippen LogP contribution in [0.2, 0.25) is 0 Å². The van der Waals surface area contributed by atoms with Crippen molar-refractivity contribution < 1.29 is 4.74 Å². The van der Waals surface area contributed by atoms with Gasteiger partial charge in [0.25, 0.3) is 0 Å². The number of ether oxygens (including phenoxy) is 1. The molecule has 0 saturated carbocycles. The fourth-order valence-electron chi connectivity index (χ4n) is 2.11. The number of hydrogen-bond acceptors (Lipinski definition) is 4. The Morgan fingerprint density at radius 2 is 2.20 bits per heavy atom. The molecule has 20 heavy (non-hydrogen) atoms. The average Bonchev–Trinajstić information content (AvgIpc) is 2.77. The number of nitrogens with zero attached hydrogens (tertiary/aromatic N) is 3. The van der Waals surface area contributed by atoms with E-state index in [-0.39, 0.29) is 0 Å². The Balaban J connectivity index is 2.13. The average molecular weight is 286 g/mol. The molecule has 0 saturated heterocycles. The molecule has 0 amide bonds. The number of aromatic amines is 1. The lowest BCUT2D eigenvalue weighted by atomic mass is 10.1. The number of rotatable bonds is 3. The van der Waals surface area contributed by atoms with Gasteiger partial charge in [0, 0.05) is 18.5 Å². The Bertz CT molecular complexity index is 821. The number of H-pyrrole nitrogens is 1. The van der Waals surface area contributed by atoms with E-state index in [0.29, 0.717) is 17.2 Å². The summed E-state index contributed by atoms with van der Waals surface area (Å²) in [5, 5.41) is 0. The number of fused-ring (bicyclic) bond motifs is 1. The predicted octanol–water partition coefficient (Wildman–Crippen LogP) is 2.85. The normalized spacial score (nSPS) is 10.9. The molecule has 0 spiro atoms. The van der Waals surface area contributed by atoms with Crippen molar-refractivity contribution in [2.75, 3.05) is 7.11 Å². The minimum absolute atomic E-state index is 0.572. The van der Waals surface area contributed by atoms with Crippen LogP contribution in [0.5, 0.6) is 5.88 Å². The highest BCUT2D eigenvalue weighted by Gasteiger charge is 2.09. The number of pyridine rings is 2. The van der Waals surface area contributed by atoms with E-state index in [4.69, 9.17) is 17.0 Å². The number of nitrogens with one attached hydrogen (secondary N) is 1.